The molecular weight excluding hydrogens is 282 g/mol. The van der Waals surface area contributed by atoms with Gasteiger partial charge in [0.1, 0.15) is 5.75 Å². The summed E-state index contributed by atoms with van der Waals surface area (Å²) in [5.74, 6) is 0.815. The van der Waals surface area contributed by atoms with Crippen molar-refractivity contribution in [2.45, 2.75) is 12.8 Å². The second-order valence-electron chi connectivity index (χ2n) is 4.33. The largest absolute Gasteiger partial charge is 0.497 e. The van der Waals surface area contributed by atoms with Crippen LogP contribution in [0.2, 0.25) is 0 Å². The Balaban J connectivity index is 2.26. The molecule has 0 bridgehead atoms. The van der Waals surface area contributed by atoms with E-state index in [-0.39, 0.29) is 5.41 Å². The van der Waals surface area contributed by atoms with Gasteiger partial charge < -0.3 is 9.47 Å². The Hall–Kier alpha value is -1.05. The maximum Gasteiger partial charge on any atom is 0.119 e. The first-order valence-electron chi connectivity index (χ1n) is 5.50. The molecule has 17 heavy (non-hydrogen) atoms. The molecule has 0 aromatic heterocycles. The van der Waals surface area contributed by atoms with E-state index >= 15 is 0 Å². The van der Waals surface area contributed by atoms with Gasteiger partial charge in [-0.15, -0.1) is 0 Å². The Morgan fingerprint density at radius 2 is 2.41 bits per heavy atom. The Kier molecular flexibility index (Phi) is 3.70. The number of hydrogen-bond donors (Lipinski definition) is 0. The Morgan fingerprint density at radius 3 is 3.00 bits per heavy atom. The molecule has 3 nitrogen and oxygen atoms in total. The first-order valence-corrected chi connectivity index (χ1v) is 6.30. The highest BCUT2D eigenvalue weighted by Crippen LogP contribution is 2.35. The monoisotopic (exact) mass is 295 g/mol. The average Bonchev–Trinajstić information content (AvgIpc) is 2.81. The Labute approximate surface area is 109 Å². The molecule has 1 heterocycles. The average molecular weight is 296 g/mol. The minimum atomic E-state index is -0.380. The van der Waals surface area contributed by atoms with Gasteiger partial charge in [-0.25, -0.2) is 0 Å². The van der Waals surface area contributed by atoms with Crippen LogP contribution in [0.4, 0.5) is 0 Å². The zero-order valence-electron chi connectivity index (χ0n) is 9.70. The van der Waals surface area contributed by atoms with Crippen LogP contribution in [0.3, 0.4) is 0 Å². The maximum absolute atomic E-state index is 9.32. The molecule has 1 aromatic carbocycles. The molecule has 1 saturated heterocycles. The lowest BCUT2D eigenvalue weighted by Crippen LogP contribution is -2.21. The summed E-state index contributed by atoms with van der Waals surface area (Å²) in [6, 6.07) is 8.23. The topological polar surface area (TPSA) is 42.2 Å². The van der Waals surface area contributed by atoms with Crippen LogP contribution in [0.5, 0.6) is 5.75 Å². The summed E-state index contributed by atoms with van der Waals surface area (Å²) in [5.41, 5.74) is 0.714. The van der Waals surface area contributed by atoms with Crippen LogP contribution < -0.4 is 4.74 Å². The van der Waals surface area contributed by atoms with Crippen LogP contribution in [-0.2, 0) is 11.2 Å². The molecule has 90 valence electrons. The molecule has 1 unspecified atom stereocenters. The van der Waals surface area contributed by atoms with Gasteiger partial charge >= 0.3 is 0 Å². The van der Waals surface area contributed by atoms with Gasteiger partial charge in [0.15, 0.2) is 0 Å². The third-order valence-corrected chi connectivity index (χ3v) is 3.90. The summed E-state index contributed by atoms with van der Waals surface area (Å²) in [5, 5.41) is 9.32. The molecule has 2 rings (SSSR count). The number of nitrogens with zero attached hydrogens (tertiary/aromatic N) is 1. The highest BCUT2D eigenvalue weighted by atomic mass is 79.9. The molecule has 1 fully saturated rings. The summed E-state index contributed by atoms with van der Waals surface area (Å²) in [6.07, 6.45) is 1.49. The maximum atomic E-state index is 9.32. The summed E-state index contributed by atoms with van der Waals surface area (Å²) >= 11 is 3.51. The van der Waals surface area contributed by atoms with E-state index in [0.717, 1.165) is 22.2 Å². The van der Waals surface area contributed by atoms with Gasteiger partial charge in [0.05, 0.1) is 25.2 Å². The minimum Gasteiger partial charge on any atom is -0.497 e. The van der Waals surface area contributed by atoms with Crippen LogP contribution in [0.25, 0.3) is 0 Å². The third kappa shape index (κ3) is 2.62. The lowest BCUT2D eigenvalue weighted by atomic mass is 9.82. The molecule has 1 aliphatic heterocycles. The molecule has 1 atom stereocenters. The van der Waals surface area contributed by atoms with Crippen LogP contribution in [-0.4, -0.2) is 20.3 Å². The third-order valence-electron chi connectivity index (χ3n) is 3.12. The first-order chi connectivity index (χ1) is 8.19. The van der Waals surface area contributed by atoms with Crippen molar-refractivity contribution >= 4 is 15.9 Å². The molecule has 0 radical (unpaired) electrons. The zero-order chi connectivity index (χ0) is 12.3. The fraction of sp³-hybridized carbons (Fsp3) is 0.462. The second kappa shape index (κ2) is 5.07. The number of halogens is 1. The van der Waals surface area contributed by atoms with Gasteiger partial charge in [-0.1, -0.05) is 15.9 Å². The number of benzene rings is 1. The number of ether oxygens (including phenoxy) is 2. The molecule has 0 N–H and O–H groups in total. The van der Waals surface area contributed by atoms with E-state index in [1.807, 2.05) is 18.2 Å². The summed E-state index contributed by atoms with van der Waals surface area (Å²) < 4.78 is 11.6. The molecule has 0 aliphatic carbocycles. The van der Waals surface area contributed by atoms with E-state index in [0.29, 0.717) is 19.6 Å². The van der Waals surface area contributed by atoms with Gasteiger partial charge in [-0.2, -0.15) is 5.26 Å². The fourth-order valence-corrected chi connectivity index (χ4v) is 2.44. The SMILES string of the molecule is COc1ccc(Br)c(CC2(C#N)CCOC2)c1. The molecule has 4 heteroatoms. The zero-order valence-corrected chi connectivity index (χ0v) is 11.3. The molecule has 1 aromatic rings. The predicted molar refractivity (Wildman–Crippen MR) is 67.9 cm³/mol. The molecule has 1 aliphatic rings. The highest BCUT2D eigenvalue weighted by Gasteiger charge is 2.35. The number of hydrogen-bond acceptors (Lipinski definition) is 3. The Bertz CT molecular complexity index is 447. The van der Waals surface area contributed by atoms with E-state index in [9.17, 15) is 5.26 Å². The van der Waals surface area contributed by atoms with Gasteiger partial charge in [0.2, 0.25) is 0 Å². The van der Waals surface area contributed by atoms with E-state index < -0.39 is 0 Å². The molecular formula is C13H14BrNO2. The van der Waals surface area contributed by atoms with Crippen LogP contribution in [0.15, 0.2) is 22.7 Å². The van der Waals surface area contributed by atoms with Gasteiger partial charge in [-0.05, 0) is 36.6 Å². The van der Waals surface area contributed by atoms with Crippen molar-refractivity contribution in [3.63, 3.8) is 0 Å². The van der Waals surface area contributed by atoms with E-state index in [4.69, 9.17) is 9.47 Å². The predicted octanol–water partition coefficient (Wildman–Crippen LogP) is 2.93. The normalized spacial score (nSPS) is 23.4. The summed E-state index contributed by atoms with van der Waals surface area (Å²) in [6.45, 7) is 1.20. The summed E-state index contributed by atoms with van der Waals surface area (Å²) in [4.78, 5) is 0. The number of nitriles is 1. The van der Waals surface area contributed by atoms with Crippen molar-refractivity contribution in [3.05, 3.63) is 28.2 Å². The van der Waals surface area contributed by atoms with Gasteiger partial charge in [0.25, 0.3) is 0 Å². The minimum absolute atomic E-state index is 0.380. The quantitative estimate of drug-likeness (QED) is 0.861. The number of rotatable bonds is 3. The lowest BCUT2D eigenvalue weighted by Gasteiger charge is -2.19. The fourth-order valence-electron chi connectivity index (χ4n) is 2.05. The first kappa shape index (κ1) is 12.4. The Morgan fingerprint density at radius 1 is 1.59 bits per heavy atom. The van der Waals surface area contributed by atoms with E-state index in [2.05, 4.69) is 22.0 Å². The van der Waals surface area contributed by atoms with Crippen molar-refractivity contribution < 1.29 is 9.47 Å². The van der Waals surface area contributed by atoms with Crippen molar-refractivity contribution in [1.82, 2.24) is 0 Å². The van der Waals surface area contributed by atoms with Gasteiger partial charge in [0, 0.05) is 11.1 Å². The molecule has 0 spiro atoms. The van der Waals surface area contributed by atoms with Crippen molar-refractivity contribution in [1.29, 1.82) is 5.26 Å². The van der Waals surface area contributed by atoms with Crippen molar-refractivity contribution in [2.24, 2.45) is 5.41 Å². The number of methoxy groups -OCH3 is 1. The van der Waals surface area contributed by atoms with Crippen LogP contribution >= 0.6 is 15.9 Å². The van der Waals surface area contributed by atoms with Gasteiger partial charge in [-0.3, -0.25) is 0 Å². The summed E-state index contributed by atoms with van der Waals surface area (Å²) in [7, 11) is 1.64. The molecule has 0 amide bonds. The second-order valence-corrected chi connectivity index (χ2v) is 5.18. The standard InChI is InChI=1S/C13H14BrNO2/c1-16-11-2-3-12(14)10(6-11)7-13(8-15)4-5-17-9-13/h2-3,6H,4-5,7,9H2,1H3. The van der Waals surface area contributed by atoms with Crippen LogP contribution in [0, 0.1) is 16.7 Å². The lowest BCUT2D eigenvalue weighted by molar-refractivity contribution is 0.171. The van der Waals surface area contributed by atoms with E-state index in [1.54, 1.807) is 7.11 Å². The highest BCUT2D eigenvalue weighted by molar-refractivity contribution is 9.10. The smallest absolute Gasteiger partial charge is 0.119 e. The van der Waals surface area contributed by atoms with E-state index in [1.165, 1.54) is 0 Å². The van der Waals surface area contributed by atoms with Crippen LogP contribution in [0.1, 0.15) is 12.0 Å². The van der Waals surface area contributed by atoms with Crippen molar-refractivity contribution in [3.8, 4) is 11.8 Å². The molecule has 0 saturated carbocycles. The van der Waals surface area contributed by atoms with Crippen molar-refractivity contribution in [2.75, 3.05) is 20.3 Å².